The summed E-state index contributed by atoms with van der Waals surface area (Å²) in [6, 6.07) is 2.22. The van der Waals surface area contributed by atoms with Crippen molar-refractivity contribution in [2.75, 3.05) is 0 Å². The fourth-order valence-corrected chi connectivity index (χ4v) is 2.28. The lowest BCUT2D eigenvalue weighted by Gasteiger charge is -2.23. The molecule has 2 saturated carbocycles. The molecule has 0 aromatic rings. The predicted octanol–water partition coefficient (Wildman–Crippen LogP) is 1.31. The van der Waals surface area contributed by atoms with Crippen LogP contribution in [0.3, 0.4) is 0 Å². The van der Waals surface area contributed by atoms with Crippen molar-refractivity contribution in [1.82, 2.24) is 0 Å². The lowest BCUT2D eigenvalue weighted by atomic mass is 9.84. The highest BCUT2D eigenvalue weighted by Crippen LogP contribution is 2.66. The molecule has 0 aromatic carbocycles. The molecule has 2 heteroatoms. The van der Waals surface area contributed by atoms with Crippen LogP contribution in [0, 0.1) is 40.9 Å². The molecule has 13 heavy (non-hydrogen) atoms. The number of hydrogen-bond donors (Lipinski definition) is 1. The molecule has 0 saturated heterocycles. The van der Waals surface area contributed by atoms with Crippen LogP contribution in [0.2, 0.25) is 0 Å². The first-order chi connectivity index (χ1) is 6.07. The first kappa shape index (κ1) is 8.60. The van der Waals surface area contributed by atoms with E-state index in [0.717, 1.165) is 6.42 Å². The highest BCUT2D eigenvalue weighted by Gasteiger charge is 2.68. The molecule has 0 aliphatic heterocycles. The average Bonchev–Trinajstić information content (AvgIpc) is 2.96. The molecule has 2 aliphatic rings. The van der Waals surface area contributed by atoms with E-state index in [1.165, 1.54) is 12.8 Å². The molecule has 2 aliphatic carbocycles. The maximum Gasteiger partial charge on any atom is 0.141 e. The Labute approximate surface area is 78.6 Å². The van der Waals surface area contributed by atoms with Crippen molar-refractivity contribution in [3.8, 4) is 18.4 Å². The van der Waals surface area contributed by atoms with Crippen LogP contribution in [-0.4, -0.2) is 10.7 Å². The van der Waals surface area contributed by atoms with E-state index < -0.39 is 11.0 Å². The Kier molecular flexibility index (Phi) is 1.51. The highest BCUT2D eigenvalue weighted by molar-refractivity contribution is 5.32. The fraction of sp³-hybridized carbons (Fsp3) is 0.727. The largest absolute Gasteiger partial charge is 0.376 e. The van der Waals surface area contributed by atoms with Gasteiger partial charge in [0.15, 0.2) is 0 Å². The van der Waals surface area contributed by atoms with Crippen molar-refractivity contribution >= 4 is 0 Å². The van der Waals surface area contributed by atoms with E-state index in [1.54, 1.807) is 6.92 Å². The standard InChI is InChI=1S/C11H13NO/c1-3-10(2,13)11(7-12)6-9(11)8-4-5-8/h1,8-9,13H,4-6H2,2H3/t9-,10-,11+/m0/s1. The van der Waals surface area contributed by atoms with Gasteiger partial charge in [-0.15, -0.1) is 6.42 Å². The average molecular weight is 175 g/mol. The van der Waals surface area contributed by atoms with Crippen molar-refractivity contribution < 1.29 is 5.11 Å². The molecule has 0 heterocycles. The van der Waals surface area contributed by atoms with Crippen LogP contribution in [0.1, 0.15) is 26.2 Å². The summed E-state index contributed by atoms with van der Waals surface area (Å²) >= 11 is 0. The lowest BCUT2D eigenvalue weighted by Crippen LogP contribution is -2.35. The fourth-order valence-electron chi connectivity index (χ4n) is 2.28. The second kappa shape index (κ2) is 2.28. The molecule has 0 bridgehead atoms. The summed E-state index contributed by atoms with van der Waals surface area (Å²) in [4.78, 5) is 0. The van der Waals surface area contributed by atoms with Crippen molar-refractivity contribution in [3.05, 3.63) is 0 Å². The van der Waals surface area contributed by atoms with Gasteiger partial charge >= 0.3 is 0 Å². The van der Waals surface area contributed by atoms with Crippen LogP contribution in [0.4, 0.5) is 0 Å². The Morgan fingerprint density at radius 1 is 1.62 bits per heavy atom. The van der Waals surface area contributed by atoms with Gasteiger partial charge in [0.25, 0.3) is 0 Å². The van der Waals surface area contributed by atoms with E-state index in [2.05, 4.69) is 12.0 Å². The first-order valence-corrected chi connectivity index (χ1v) is 4.69. The van der Waals surface area contributed by atoms with Crippen molar-refractivity contribution in [1.29, 1.82) is 5.26 Å². The van der Waals surface area contributed by atoms with Crippen LogP contribution < -0.4 is 0 Å². The van der Waals surface area contributed by atoms with E-state index in [4.69, 9.17) is 11.7 Å². The quantitative estimate of drug-likeness (QED) is 0.643. The molecule has 68 valence electrons. The molecule has 2 rings (SSSR count). The zero-order valence-electron chi connectivity index (χ0n) is 7.75. The second-order valence-corrected chi connectivity index (χ2v) is 4.45. The zero-order chi connectivity index (χ0) is 9.69. The molecule has 2 fully saturated rings. The maximum absolute atomic E-state index is 9.90. The van der Waals surface area contributed by atoms with E-state index in [-0.39, 0.29) is 0 Å². The first-order valence-electron chi connectivity index (χ1n) is 4.69. The van der Waals surface area contributed by atoms with Gasteiger partial charge in [-0.2, -0.15) is 5.26 Å². The van der Waals surface area contributed by atoms with Crippen LogP contribution in [-0.2, 0) is 0 Å². The zero-order valence-corrected chi connectivity index (χ0v) is 7.75. The maximum atomic E-state index is 9.90. The minimum atomic E-state index is -1.24. The molecule has 0 unspecified atom stereocenters. The molecule has 1 N–H and O–H groups in total. The van der Waals surface area contributed by atoms with E-state index in [1.807, 2.05) is 0 Å². The normalized spacial score (nSPS) is 41.4. The van der Waals surface area contributed by atoms with Crippen LogP contribution in [0.15, 0.2) is 0 Å². The van der Waals surface area contributed by atoms with Gasteiger partial charge in [-0.3, -0.25) is 0 Å². The Bertz CT molecular complexity index is 316. The summed E-state index contributed by atoms with van der Waals surface area (Å²) in [6.45, 7) is 1.58. The predicted molar refractivity (Wildman–Crippen MR) is 48.3 cm³/mol. The monoisotopic (exact) mass is 175 g/mol. The SMILES string of the molecule is C#C[C@](C)(O)[C@@]1(C#N)C[C@H]1C1CC1. The molecule has 3 atom stereocenters. The van der Waals surface area contributed by atoms with Gasteiger partial charge in [0.2, 0.25) is 0 Å². The summed E-state index contributed by atoms with van der Waals surface area (Å²) in [5.41, 5.74) is -1.88. The molecule has 2 nitrogen and oxygen atoms in total. The van der Waals surface area contributed by atoms with Crippen LogP contribution in [0.25, 0.3) is 0 Å². The van der Waals surface area contributed by atoms with Crippen molar-refractivity contribution in [3.63, 3.8) is 0 Å². The number of rotatable bonds is 2. The van der Waals surface area contributed by atoms with Crippen LogP contribution in [0.5, 0.6) is 0 Å². The van der Waals surface area contributed by atoms with E-state index in [0.29, 0.717) is 11.8 Å². The smallest absolute Gasteiger partial charge is 0.141 e. The minimum absolute atomic E-state index is 0.351. The third-order valence-electron chi connectivity index (χ3n) is 3.56. The Hall–Kier alpha value is -0.990. The van der Waals surface area contributed by atoms with Crippen molar-refractivity contribution in [2.45, 2.75) is 31.8 Å². The summed E-state index contributed by atoms with van der Waals surface area (Å²) in [6.07, 6.45) is 8.43. The van der Waals surface area contributed by atoms with E-state index in [9.17, 15) is 5.11 Å². The van der Waals surface area contributed by atoms with Gasteiger partial charge in [-0.05, 0) is 38.0 Å². The third-order valence-corrected chi connectivity index (χ3v) is 3.56. The number of nitriles is 1. The summed E-state index contributed by atoms with van der Waals surface area (Å²) in [5, 5.41) is 19.0. The third kappa shape index (κ3) is 0.992. The minimum Gasteiger partial charge on any atom is -0.376 e. The molecular formula is C11H13NO. The Morgan fingerprint density at radius 2 is 2.23 bits per heavy atom. The van der Waals surface area contributed by atoms with Gasteiger partial charge in [-0.25, -0.2) is 0 Å². The van der Waals surface area contributed by atoms with Crippen LogP contribution >= 0.6 is 0 Å². The van der Waals surface area contributed by atoms with Gasteiger partial charge in [-0.1, -0.05) is 5.92 Å². The second-order valence-electron chi connectivity index (χ2n) is 4.45. The van der Waals surface area contributed by atoms with E-state index >= 15 is 0 Å². The molecule has 0 spiro atoms. The molecular weight excluding hydrogens is 162 g/mol. The summed E-state index contributed by atoms with van der Waals surface area (Å²) in [5.74, 6) is 3.34. The topological polar surface area (TPSA) is 44.0 Å². The van der Waals surface area contributed by atoms with Crippen molar-refractivity contribution in [2.24, 2.45) is 17.3 Å². The van der Waals surface area contributed by atoms with Gasteiger partial charge in [0.05, 0.1) is 6.07 Å². The number of terminal acetylenes is 1. The van der Waals surface area contributed by atoms with Gasteiger partial charge in [0, 0.05) is 0 Å². The number of hydrogen-bond acceptors (Lipinski definition) is 2. The molecule has 0 amide bonds. The highest BCUT2D eigenvalue weighted by atomic mass is 16.3. The number of nitrogens with zero attached hydrogens (tertiary/aromatic N) is 1. The molecule has 0 radical (unpaired) electrons. The summed E-state index contributed by atoms with van der Waals surface area (Å²) in [7, 11) is 0. The molecule has 0 aromatic heterocycles. The number of aliphatic hydroxyl groups is 1. The lowest BCUT2D eigenvalue weighted by molar-refractivity contribution is 0.0585. The summed E-state index contributed by atoms with van der Waals surface area (Å²) < 4.78 is 0. The Morgan fingerprint density at radius 3 is 2.62 bits per heavy atom. The Balaban J connectivity index is 2.21. The van der Waals surface area contributed by atoms with Gasteiger partial charge in [0.1, 0.15) is 11.0 Å². The van der Waals surface area contributed by atoms with Gasteiger partial charge < -0.3 is 5.11 Å².